The molecule has 0 fully saturated rings. The fraction of sp³-hybridized carbons (Fsp3) is 0.952. The molecular weight excluding hydrogens is 1330 g/mol. The number of aliphatic hydroxyl groups excluding tert-OH is 1. The lowest BCUT2D eigenvalue weighted by Gasteiger charge is -2.21. The highest BCUT2D eigenvalue weighted by Crippen LogP contribution is 2.45. The van der Waals surface area contributed by atoms with Gasteiger partial charge in [-0.1, -0.05) is 400 Å². The van der Waals surface area contributed by atoms with Gasteiger partial charge < -0.3 is 33.8 Å². The quantitative estimate of drug-likeness (QED) is 0.0222. The molecule has 0 aromatic heterocycles. The molecule has 102 heavy (non-hydrogen) atoms. The highest BCUT2D eigenvalue weighted by Gasteiger charge is 2.30. The zero-order chi connectivity index (χ0) is 74.6. The summed E-state index contributed by atoms with van der Waals surface area (Å²) >= 11 is 0. The predicted octanol–water partition coefficient (Wildman–Crippen LogP) is 25.4. The Labute approximate surface area is 626 Å². The molecule has 5 atom stereocenters. The molecule has 0 bridgehead atoms. The maximum atomic E-state index is 13.1. The van der Waals surface area contributed by atoms with Crippen molar-refractivity contribution in [1.29, 1.82) is 0 Å². The van der Waals surface area contributed by atoms with Crippen LogP contribution in [0.5, 0.6) is 0 Å². The molecule has 0 amide bonds. The van der Waals surface area contributed by atoms with Crippen LogP contribution in [0.4, 0.5) is 0 Å². The number of phosphoric ester groups is 2. The van der Waals surface area contributed by atoms with Crippen LogP contribution in [0.25, 0.3) is 0 Å². The Morgan fingerprint density at radius 1 is 0.235 bits per heavy atom. The van der Waals surface area contributed by atoms with Gasteiger partial charge in [-0.3, -0.25) is 37.3 Å². The van der Waals surface area contributed by atoms with Crippen LogP contribution in [0.1, 0.15) is 451 Å². The number of unbranched alkanes of at least 4 members (excludes halogenated alkanes) is 58. The molecule has 0 aromatic rings. The van der Waals surface area contributed by atoms with Gasteiger partial charge in [0.15, 0.2) is 12.2 Å². The summed E-state index contributed by atoms with van der Waals surface area (Å²) in [7, 11) is -9.91. The smallest absolute Gasteiger partial charge is 0.462 e. The molecule has 0 heterocycles. The zero-order valence-electron chi connectivity index (χ0n) is 66.6. The monoisotopic (exact) mass is 1490 g/mol. The molecule has 0 aliphatic heterocycles. The lowest BCUT2D eigenvalue weighted by Crippen LogP contribution is -2.30. The Balaban J connectivity index is 5.10. The van der Waals surface area contributed by atoms with Gasteiger partial charge in [-0.05, 0) is 25.7 Å². The van der Waals surface area contributed by atoms with E-state index in [1.54, 1.807) is 0 Å². The Kier molecular flexibility index (Phi) is 75.8. The van der Waals surface area contributed by atoms with E-state index >= 15 is 0 Å². The third kappa shape index (κ3) is 76.3. The Morgan fingerprint density at radius 2 is 0.392 bits per heavy atom. The minimum absolute atomic E-state index is 0.108. The molecule has 0 saturated heterocycles. The first-order valence-electron chi connectivity index (χ1n) is 43.3. The first-order chi connectivity index (χ1) is 49.7. The van der Waals surface area contributed by atoms with Crippen molar-refractivity contribution in [3.8, 4) is 0 Å². The number of rotatable bonds is 84. The number of carbonyl (C=O) groups is 4. The molecule has 17 nitrogen and oxygen atoms in total. The summed E-state index contributed by atoms with van der Waals surface area (Å²) in [6.45, 7) is 4.94. The number of carbonyl (C=O) groups excluding carboxylic acids is 4. The third-order valence-electron chi connectivity index (χ3n) is 19.6. The first-order valence-corrected chi connectivity index (χ1v) is 46.3. The topological polar surface area (TPSA) is 237 Å². The van der Waals surface area contributed by atoms with Crippen LogP contribution in [0.3, 0.4) is 0 Å². The van der Waals surface area contributed by atoms with Crippen molar-refractivity contribution in [3.63, 3.8) is 0 Å². The molecule has 0 saturated carbocycles. The minimum Gasteiger partial charge on any atom is -0.462 e. The number of hydrogen-bond acceptors (Lipinski definition) is 15. The average molecular weight is 1490 g/mol. The Hall–Kier alpha value is -1.94. The fourth-order valence-corrected chi connectivity index (χ4v) is 14.6. The van der Waals surface area contributed by atoms with Crippen molar-refractivity contribution in [2.75, 3.05) is 39.6 Å². The SMILES string of the molecule is CCCCCCCCCCCCCCCCCCCCCCCCC(=O)O[C@H](COC(=O)CCCCCCCCCCCCCCCCCCCCCC)COP(=O)(O)OC[C@@H](O)COP(=O)(O)OC[C@@H](COC(=O)CCCCCCC)OC(=O)CCCCCCCCCCCCCCCCC. The first kappa shape index (κ1) is 100. The van der Waals surface area contributed by atoms with E-state index in [0.717, 1.165) is 96.3 Å². The Bertz CT molecular complexity index is 1930. The second-order valence-electron chi connectivity index (χ2n) is 29.9. The molecule has 606 valence electrons. The molecule has 0 spiro atoms. The number of aliphatic hydroxyl groups is 1. The van der Waals surface area contributed by atoms with Crippen molar-refractivity contribution >= 4 is 39.5 Å². The van der Waals surface area contributed by atoms with Gasteiger partial charge >= 0.3 is 39.5 Å². The van der Waals surface area contributed by atoms with Crippen molar-refractivity contribution < 1.29 is 80.2 Å². The summed E-state index contributed by atoms with van der Waals surface area (Å²) in [6.07, 6.45) is 71.4. The molecule has 0 aromatic carbocycles. The van der Waals surface area contributed by atoms with E-state index in [-0.39, 0.29) is 25.7 Å². The van der Waals surface area contributed by atoms with Crippen molar-refractivity contribution in [2.24, 2.45) is 0 Å². The van der Waals surface area contributed by atoms with Gasteiger partial charge in [-0.25, -0.2) is 9.13 Å². The molecule has 2 unspecified atom stereocenters. The van der Waals surface area contributed by atoms with Crippen LogP contribution in [0, 0.1) is 0 Å². The van der Waals surface area contributed by atoms with Crippen LogP contribution in [0.15, 0.2) is 0 Å². The van der Waals surface area contributed by atoms with Gasteiger partial charge in [0.2, 0.25) is 0 Å². The van der Waals surface area contributed by atoms with Gasteiger partial charge in [0.05, 0.1) is 26.4 Å². The second kappa shape index (κ2) is 77.2. The number of phosphoric acid groups is 2. The van der Waals surface area contributed by atoms with E-state index < -0.39 is 97.5 Å². The molecule has 19 heteroatoms. The number of ether oxygens (including phenoxy) is 4. The molecular formula is C83H162O17P2. The van der Waals surface area contributed by atoms with E-state index in [0.29, 0.717) is 25.7 Å². The summed E-state index contributed by atoms with van der Waals surface area (Å²) in [5.74, 6) is -2.12. The minimum atomic E-state index is -4.96. The van der Waals surface area contributed by atoms with E-state index in [2.05, 4.69) is 27.7 Å². The van der Waals surface area contributed by atoms with Gasteiger partial charge in [0, 0.05) is 25.7 Å². The van der Waals surface area contributed by atoms with Crippen molar-refractivity contribution in [2.45, 2.75) is 470 Å². The highest BCUT2D eigenvalue weighted by atomic mass is 31.2. The van der Waals surface area contributed by atoms with E-state index in [1.807, 2.05) is 0 Å². The van der Waals surface area contributed by atoms with Gasteiger partial charge in [-0.15, -0.1) is 0 Å². The Morgan fingerprint density at radius 3 is 0.578 bits per heavy atom. The fourth-order valence-electron chi connectivity index (χ4n) is 13.0. The molecule has 0 aliphatic rings. The standard InChI is InChI=1S/C83H162O17P2/c1-5-9-13-17-20-23-26-29-32-34-36-38-39-41-43-46-49-52-55-58-62-66-70-83(88)100-79(74-94-81(86)68-64-60-56-53-50-47-45-42-40-37-35-33-30-27-24-21-18-14-10-6-2)76-98-102(91,92)96-72-77(84)71-95-101(89,90)97-75-78(73-93-80(85)67-63-59-16-12-8-4)99-82(87)69-65-61-57-54-51-48-44-31-28-25-22-19-15-11-7-3/h77-79,84H,5-76H2,1-4H3,(H,89,90)(H,91,92)/t77-,78+,79+/m0/s1. The summed E-state index contributed by atoms with van der Waals surface area (Å²) in [5, 5.41) is 10.6. The lowest BCUT2D eigenvalue weighted by atomic mass is 10.0. The largest absolute Gasteiger partial charge is 0.472 e. The van der Waals surface area contributed by atoms with Crippen LogP contribution >= 0.6 is 15.6 Å². The number of esters is 4. The summed E-state index contributed by atoms with van der Waals surface area (Å²) in [5.41, 5.74) is 0. The molecule has 0 radical (unpaired) electrons. The molecule has 0 aliphatic carbocycles. The zero-order valence-corrected chi connectivity index (χ0v) is 68.4. The van der Waals surface area contributed by atoms with Crippen LogP contribution in [-0.4, -0.2) is 96.7 Å². The van der Waals surface area contributed by atoms with Crippen molar-refractivity contribution in [3.05, 3.63) is 0 Å². The second-order valence-corrected chi connectivity index (χ2v) is 32.8. The van der Waals surface area contributed by atoms with Crippen LogP contribution < -0.4 is 0 Å². The van der Waals surface area contributed by atoms with Gasteiger partial charge in [-0.2, -0.15) is 0 Å². The molecule has 3 N–H and O–H groups in total. The summed E-state index contributed by atoms with van der Waals surface area (Å²) < 4.78 is 68.5. The highest BCUT2D eigenvalue weighted by molar-refractivity contribution is 7.47. The maximum Gasteiger partial charge on any atom is 0.472 e. The van der Waals surface area contributed by atoms with Gasteiger partial charge in [0.1, 0.15) is 19.3 Å². The maximum absolute atomic E-state index is 13.1. The van der Waals surface area contributed by atoms with E-state index in [4.69, 9.17) is 37.0 Å². The van der Waals surface area contributed by atoms with E-state index in [9.17, 15) is 43.2 Å². The van der Waals surface area contributed by atoms with Gasteiger partial charge in [0.25, 0.3) is 0 Å². The predicted molar refractivity (Wildman–Crippen MR) is 419 cm³/mol. The van der Waals surface area contributed by atoms with E-state index in [1.165, 1.54) is 276 Å². The van der Waals surface area contributed by atoms with Crippen molar-refractivity contribution in [1.82, 2.24) is 0 Å². The normalized spacial score (nSPS) is 13.8. The summed E-state index contributed by atoms with van der Waals surface area (Å²) in [6, 6.07) is 0. The third-order valence-corrected chi connectivity index (χ3v) is 21.5. The summed E-state index contributed by atoms with van der Waals surface area (Å²) in [4.78, 5) is 72.8. The number of hydrogen-bond donors (Lipinski definition) is 3. The molecule has 0 rings (SSSR count). The van der Waals surface area contributed by atoms with Crippen LogP contribution in [0.2, 0.25) is 0 Å². The lowest BCUT2D eigenvalue weighted by molar-refractivity contribution is -0.161. The average Bonchev–Trinajstić information content (AvgIpc) is 0.978. The van der Waals surface area contributed by atoms with Crippen LogP contribution in [-0.2, 0) is 65.4 Å².